The molecule has 3 aromatic rings. The van der Waals surface area contributed by atoms with Gasteiger partial charge < -0.3 is 24.4 Å². The summed E-state index contributed by atoms with van der Waals surface area (Å²) in [4.78, 5) is 28.6. The highest BCUT2D eigenvalue weighted by Crippen LogP contribution is 2.26. The molecule has 1 aliphatic rings. The maximum Gasteiger partial charge on any atom is 0.261 e. The van der Waals surface area contributed by atoms with Gasteiger partial charge in [-0.05, 0) is 54.4 Å². The van der Waals surface area contributed by atoms with Gasteiger partial charge in [0.1, 0.15) is 17.5 Å². The van der Waals surface area contributed by atoms with E-state index in [-0.39, 0.29) is 24.0 Å². The number of methoxy groups -OCH3 is 1. The Morgan fingerprint density at radius 2 is 1.59 bits per heavy atom. The lowest BCUT2D eigenvalue weighted by atomic mass is 10.0. The van der Waals surface area contributed by atoms with Crippen molar-refractivity contribution in [2.45, 2.75) is 24.4 Å². The summed E-state index contributed by atoms with van der Waals surface area (Å²) in [5.74, 6) is 0.291. The lowest BCUT2D eigenvalue weighted by Crippen LogP contribution is -2.45. The minimum Gasteiger partial charge on any atom is -0.497 e. The van der Waals surface area contributed by atoms with Gasteiger partial charge in [-0.2, -0.15) is 4.31 Å². The van der Waals surface area contributed by atoms with Gasteiger partial charge in [0.15, 0.2) is 6.61 Å². The third kappa shape index (κ3) is 7.63. The predicted molar refractivity (Wildman–Crippen MR) is 153 cm³/mol. The van der Waals surface area contributed by atoms with E-state index in [9.17, 15) is 18.0 Å². The average Bonchev–Trinajstić information content (AvgIpc) is 3.01. The summed E-state index contributed by atoms with van der Waals surface area (Å²) in [7, 11) is -2.07. The first kappa shape index (κ1) is 30.0. The zero-order valence-electron chi connectivity index (χ0n) is 23.2. The number of morpholine rings is 1. The molecule has 0 radical (unpaired) electrons. The smallest absolute Gasteiger partial charge is 0.261 e. The van der Waals surface area contributed by atoms with Crippen LogP contribution >= 0.6 is 0 Å². The first-order valence-electron chi connectivity index (χ1n) is 13.4. The normalized spacial score (nSPS) is 14.6. The van der Waals surface area contributed by atoms with Crippen molar-refractivity contribution in [3.63, 3.8) is 0 Å². The quantitative estimate of drug-likeness (QED) is 0.350. The Morgan fingerprint density at radius 3 is 2.20 bits per heavy atom. The van der Waals surface area contributed by atoms with Gasteiger partial charge in [0.25, 0.3) is 5.91 Å². The summed E-state index contributed by atoms with van der Waals surface area (Å²) < 4.78 is 43.5. The summed E-state index contributed by atoms with van der Waals surface area (Å²) in [6.45, 7) is 3.34. The van der Waals surface area contributed by atoms with Gasteiger partial charge >= 0.3 is 0 Å². The topological polar surface area (TPSA) is 114 Å². The maximum absolute atomic E-state index is 13.7. The second-order valence-electron chi connectivity index (χ2n) is 9.35. The molecule has 1 heterocycles. The number of hydrogen-bond donors (Lipinski definition) is 1. The first-order chi connectivity index (χ1) is 19.8. The van der Waals surface area contributed by atoms with E-state index >= 15 is 0 Å². The van der Waals surface area contributed by atoms with Crippen LogP contribution in [0.5, 0.6) is 11.5 Å². The standard InChI is InChI=1S/C30H35N3O7S/c1-3-31-30(35)29(24-7-5-4-6-8-24)33(21-23-9-11-25(38-2)12-10-23)28(34)22-40-26-13-15-27(16-14-26)41(36,37)32-17-19-39-20-18-32/h4-16,29H,3,17-22H2,1-2H3,(H,31,35). The van der Waals surface area contributed by atoms with Crippen molar-refractivity contribution < 1.29 is 32.2 Å². The van der Waals surface area contributed by atoms with Crippen LogP contribution < -0.4 is 14.8 Å². The molecule has 3 aromatic carbocycles. The molecule has 1 aliphatic heterocycles. The van der Waals surface area contributed by atoms with Crippen LogP contribution in [-0.2, 0) is 30.9 Å². The number of benzene rings is 3. The summed E-state index contributed by atoms with van der Waals surface area (Å²) in [6, 6.07) is 21.4. The Kier molecular flexibility index (Phi) is 10.3. The molecule has 41 heavy (non-hydrogen) atoms. The van der Waals surface area contributed by atoms with Crippen LogP contribution in [0.15, 0.2) is 83.8 Å². The lowest BCUT2D eigenvalue weighted by Gasteiger charge is -2.31. The van der Waals surface area contributed by atoms with Crippen molar-refractivity contribution in [1.29, 1.82) is 0 Å². The summed E-state index contributed by atoms with van der Waals surface area (Å²) in [5.41, 5.74) is 1.47. The number of rotatable bonds is 12. The zero-order chi connectivity index (χ0) is 29.2. The Labute approximate surface area is 240 Å². The van der Waals surface area contributed by atoms with Crippen LogP contribution in [-0.4, -0.2) is 76.0 Å². The van der Waals surface area contributed by atoms with E-state index in [1.54, 1.807) is 19.2 Å². The van der Waals surface area contributed by atoms with Crippen LogP contribution in [0.25, 0.3) is 0 Å². The fourth-order valence-electron chi connectivity index (χ4n) is 4.50. The fraction of sp³-hybridized carbons (Fsp3) is 0.333. The molecule has 10 nitrogen and oxygen atoms in total. The SMILES string of the molecule is CCNC(=O)C(c1ccccc1)N(Cc1ccc(OC)cc1)C(=O)COc1ccc(S(=O)(=O)N2CCOCC2)cc1. The van der Waals surface area contributed by atoms with Gasteiger partial charge in [-0.25, -0.2) is 8.42 Å². The molecule has 1 atom stereocenters. The molecule has 0 bridgehead atoms. The van der Waals surface area contributed by atoms with Gasteiger partial charge in [0, 0.05) is 26.2 Å². The van der Waals surface area contributed by atoms with Crippen LogP contribution in [0.4, 0.5) is 0 Å². The van der Waals surface area contributed by atoms with Gasteiger partial charge in [0.2, 0.25) is 15.9 Å². The van der Waals surface area contributed by atoms with Crippen molar-refractivity contribution >= 4 is 21.8 Å². The third-order valence-corrected chi connectivity index (χ3v) is 8.57. The number of carbonyl (C=O) groups excluding carboxylic acids is 2. The van der Waals surface area contributed by atoms with Crippen molar-refractivity contribution in [2.75, 3.05) is 46.6 Å². The molecule has 218 valence electrons. The molecule has 2 amide bonds. The molecular weight excluding hydrogens is 546 g/mol. The Balaban J connectivity index is 1.54. The molecule has 1 unspecified atom stereocenters. The van der Waals surface area contributed by atoms with Gasteiger partial charge in [-0.1, -0.05) is 42.5 Å². The minimum absolute atomic E-state index is 0.139. The van der Waals surface area contributed by atoms with Crippen molar-refractivity contribution in [1.82, 2.24) is 14.5 Å². The van der Waals surface area contributed by atoms with E-state index in [2.05, 4.69) is 5.32 Å². The number of likely N-dealkylation sites (N-methyl/N-ethyl adjacent to an activating group) is 1. The van der Waals surface area contributed by atoms with Gasteiger partial charge in [-0.15, -0.1) is 0 Å². The van der Waals surface area contributed by atoms with Crippen LogP contribution in [0.1, 0.15) is 24.1 Å². The molecule has 0 aliphatic carbocycles. The number of sulfonamides is 1. The average molecular weight is 582 g/mol. The predicted octanol–water partition coefficient (Wildman–Crippen LogP) is 3.00. The summed E-state index contributed by atoms with van der Waals surface area (Å²) in [6.07, 6.45) is 0. The van der Waals surface area contributed by atoms with Crippen molar-refractivity contribution in [2.24, 2.45) is 0 Å². The van der Waals surface area contributed by atoms with E-state index in [1.807, 2.05) is 49.4 Å². The molecule has 1 saturated heterocycles. The van der Waals surface area contributed by atoms with Gasteiger partial charge in [0.05, 0.1) is 25.2 Å². The maximum atomic E-state index is 13.7. The largest absolute Gasteiger partial charge is 0.497 e. The van der Waals surface area contributed by atoms with Crippen LogP contribution in [0, 0.1) is 0 Å². The van der Waals surface area contributed by atoms with E-state index in [1.165, 1.54) is 33.5 Å². The highest BCUT2D eigenvalue weighted by atomic mass is 32.2. The van der Waals surface area contributed by atoms with Crippen molar-refractivity contribution in [3.05, 3.63) is 90.0 Å². The number of nitrogens with zero attached hydrogens (tertiary/aromatic N) is 2. The van der Waals surface area contributed by atoms with Crippen LogP contribution in [0.3, 0.4) is 0 Å². The number of nitrogens with one attached hydrogen (secondary N) is 1. The number of hydrogen-bond acceptors (Lipinski definition) is 7. The molecule has 4 rings (SSSR count). The molecule has 1 N–H and O–H groups in total. The first-order valence-corrected chi connectivity index (χ1v) is 14.8. The number of amides is 2. The van der Waals surface area contributed by atoms with E-state index < -0.39 is 22.0 Å². The fourth-order valence-corrected chi connectivity index (χ4v) is 5.91. The third-order valence-electron chi connectivity index (χ3n) is 6.65. The summed E-state index contributed by atoms with van der Waals surface area (Å²) >= 11 is 0. The molecule has 11 heteroatoms. The zero-order valence-corrected chi connectivity index (χ0v) is 24.0. The van der Waals surface area contributed by atoms with E-state index in [0.717, 1.165) is 5.56 Å². The Hall–Kier alpha value is -3.93. The van der Waals surface area contributed by atoms with Gasteiger partial charge in [-0.3, -0.25) is 9.59 Å². The summed E-state index contributed by atoms with van der Waals surface area (Å²) in [5, 5.41) is 2.84. The second-order valence-corrected chi connectivity index (χ2v) is 11.3. The van der Waals surface area contributed by atoms with E-state index in [0.29, 0.717) is 49.9 Å². The number of carbonyl (C=O) groups is 2. The monoisotopic (exact) mass is 581 g/mol. The molecule has 0 spiro atoms. The van der Waals surface area contributed by atoms with E-state index in [4.69, 9.17) is 14.2 Å². The number of ether oxygens (including phenoxy) is 3. The Bertz CT molecular complexity index is 1390. The van der Waals surface area contributed by atoms with Crippen molar-refractivity contribution in [3.8, 4) is 11.5 Å². The lowest BCUT2D eigenvalue weighted by molar-refractivity contribution is -0.143. The molecule has 0 aromatic heterocycles. The van der Waals surface area contributed by atoms with Crippen LogP contribution in [0.2, 0.25) is 0 Å². The Morgan fingerprint density at radius 1 is 0.951 bits per heavy atom. The molecule has 1 fully saturated rings. The minimum atomic E-state index is -3.65. The molecular formula is C30H35N3O7S. The molecule has 0 saturated carbocycles. The highest BCUT2D eigenvalue weighted by Gasteiger charge is 2.32. The highest BCUT2D eigenvalue weighted by molar-refractivity contribution is 7.89. The second kappa shape index (κ2) is 14.1.